The number of carbonyl (C=O) groups excluding carboxylic acids is 1. The Kier molecular flexibility index (Phi) is 5.79. The van der Waals surface area contributed by atoms with Gasteiger partial charge in [0.05, 0.1) is 12.6 Å². The van der Waals surface area contributed by atoms with Crippen molar-refractivity contribution in [3.63, 3.8) is 0 Å². The number of thioether (sulfide) groups is 1. The summed E-state index contributed by atoms with van der Waals surface area (Å²) in [5.41, 5.74) is 0. The van der Waals surface area contributed by atoms with Gasteiger partial charge in [0.2, 0.25) is 5.91 Å². The number of aliphatic hydroxyl groups is 1. The second kappa shape index (κ2) is 7.36. The summed E-state index contributed by atoms with van der Waals surface area (Å²) >= 11 is 1.84. The van der Waals surface area contributed by atoms with Crippen LogP contribution in [0.3, 0.4) is 0 Å². The summed E-state index contributed by atoms with van der Waals surface area (Å²) in [6.07, 6.45) is 5.92. The normalized spacial score (nSPS) is 25.9. The van der Waals surface area contributed by atoms with E-state index in [1.807, 2.05) is 16.7 Å². The van der Waals surface area contributed by atoms with Crippen molar-refractivity contribution >= 4 is 17.7 Å². The molecule has 1 amide bonds. The maximum absolute atomic E-state index is 12.5. The lowest BCUT2D eigenvalue weighted by atomic mass is 9.93. The molecular weight excluding hydrogens is 248 g/mol. The van der Waals surface area contributed by atoms with Crippen LogP contribution in [0.15, 0.2) is 0 Å². The number of nitrogens with one attached hydrogen (secondary N) is 1. The van der Waals surface area contributed by atoms with Gasteiger partial charge in [0, 0.05) is 30.6 Å². The third kappa shape index (κ3) is 3.62. The van der Waals surface area contributed by atoms with Crippen molar-refractivity contribution < 1.29 is 9.90 Å². The highest BCUT2D eigenvalue weighted by Gasteiger charge is 2.30. The standard InChI is InChI=1S/C13H24N2O2S/c16-8-7-15(11-4-2-1-3-5-11)13(17)12-10-18-9-6-14-12/h11-12,14,16H,1-10H2. The van der Waals surface area contributed by atoms with Crippen LogP contribution in [0.2, 0.25) is 0 Å². The number of amides is 1. The minimum absolute atomic E-state index is 0.0442. The summed E-state index contributed by atoms with van der Waals surface area (Å²) in [6, 6.07) is 0.310. The molecule has 2 fully saturated rings. The maximum atomic E-state index is 12.5. The molecule has 0 aromatic heterocycles. The quantitative estimate of drug-likeness (QED) is 0.796. The van der Waals surface area contributed by atoms with E-state index in [2.05, 4.69) is 5.32 Å². The molecule has 0 aromatic carbocycles. The van der Waals surface area contributed by atoms with Crippen LogP contribution in [-0.4, -0.2) is 59.2 Å². The van der Waals surface area contributed by atoms with Crippen molar-refractivity contribution in [3.8, 4) is 0 Å². The fourth-order valence-corrected chi connectivity index (χ4v) is 3.82. The first-order valence-corrected chi connectivity index (χ1v) is 8.21. The second-order valence-corrected chi connectivity index (χ2v) is 6.28. The number of rotatable bonds is 4. The maximum Gasteiger partial charge on any atom is 0.240 e. The minimum atomic E-state index is -0.0442. The van der Waals surface area contributed by atoms with E-state index in [0.717, 1.165) is 30.9 Å². The molecule has 2 aliphatic rings. The Morgan fingerprint density at radius 3 is 2.72 bits per heavy atom. The largest absolute Gasteiger partial charge is 0.395 e. The van der Waals surface area contributed by atoms with Gasteiger partial charge in [-0.15, -0.1) is 0 Å². The monoisotopic (exact) mass is 272 g/mol. The van der Waals surface area contributed by atoms with E-state index < -0.39 is 0 Å². The van der Waals surface area contributed by atoms with E-state index in [-0.39, 0.29) is 18.6 Å². The molecule has 1 saturated carbocycles. The second-order valence-electron chi connectivity index (χ2n) is 5.13. The molecule has 0 radical (unpaired) electrons. The van der Waals surface area contributed by atoms with Crippen LogP contribution >= 0.6 is 11.8 Å². The van der Waals surface area contributed by atoms with Crippen LogP contribution in [0.25, 0.3) is 0 Å². The fraction of sp³-hybridized carbons (Fsp3) is 0.923. The Morgan fingerprint density at radius 2 is 2.11 bits per heavy atom. The summed E-state index contributed by atoms with van der Waals surface area (Å²) in [7, 11) is 0. The van der Waals surface area contributed by atoms with Gasteiger partial charge in [0.25, 0.3) is 0 Å². The van der Waals surface area contributed by atoms with E-state index >= 15 is 0 Å². The molecule has 2 rings (SSSR count). The lowest BCUT2D eigenvalue weighted by Crippen LogP contribution is -2.54. The lowest BCUT2D eigenvalue weighted by molar-refractivity contribution is -0.136. The van der Waals surface area contributed by atoms with Crippen LogP contribution in [0.1, 0.15) is 32.1 Å². The predicted molar refractivity (Wildman–Crippen MR) is 74.8 cm³/mol. The van der Waals surface area contributed by atoms with Crippen molar-refractivity contribution in [1.29, 1.82) is 0 Å². The average molecular weight is 272 g/mol. The van der Waals surface area contributed by atoms with Crippen molar-refractivity contribution in [1.82, 2.24) is 10.2 Å². The van der Waals surface area contributed by atoms with Gasteiger partial charge in [-0.1, -0.05) is 19.3 Å². The van der Waals surface area contributed by atoms with Crippen molar-refractivity contribution in [2.45, 2.75) is 44.2 Å². The van der Waals surface area contributed by atoms with Gasteiger partial charge in [-0.25, -0.2) is 0 Å². The molecule has 1 aliphatic carbocycles. The molecule has 104 valence electrons. The summed E-state index contributed by atoms with van der Waals surface area (Å²) in [5, 5.41) is 12.5. The number of nitrogens with zero attached hydrogens (tertiary/aromatic N) is 1. The SMILES string of the molecule is O=C(C1CSCCN1)N(CCO)C1CCCCC1. The Labute approximate surface area is 113 Å². The Balaban J connectivity index is 1.96. The highest BCUT2D eigenvalue weighted by molar-refractivity contribution is 7.99. The van der Waals surface area contributed by atoms with Crippen LogP contribution in [0.5, 0.6) is 0 Å². The van der Waals surface area contributed by atoms with Gasteiger partial charge in [0.1, 0.15) is 0 Å². The number of aliphatic hydroxyl groups excluding tert-OH is 1. The molecule has 0 bridgehead atoms. The highest BCUT2D eigenvalue weighted by Crippen LogP contribution is 2.23. The van der Waals surface area contributed by atoms with Gasteiger partial charge < -0.3 is 15.3 Å². The predicted octanol–water partition coefficient (Wildman–Crippen LogP) is 0.845. The third-order valence-electron chi connectivity index (χ3n) is 3.86. The average Bonchev–Trinajstić information content (AvgIpc) is 2.46. The first kappa shape index (κ1) is 14.2. The van der Waals surface area contributed by atoms with Crippen molar-refractivity contribution in [3.05, 3.63) is 0 Å². The van der Waals surface area contributed by atoms with Gasteiger partial charge in [-0.2, -0.15) is 11.8 Å². The molecule has 1 unspecified atom stereocenters. The van der Waals surface area contributed by atoms with Gasteiger partial charge in [-0.3, -0.25) is 4.79 Å². The zero-order valence-corrected chi connectivity index (χ0v) is 11.8. The topological polar surface area (TPSA) is 52.6 Å². The molecule has 2 N–H and O–H groups in total. The van der Waals surface area contributed by atoms with E-state index in [4.69, 9.17) is 0 Å². The molecule has 5 heteroatoms. The van der Waals surface area contributed by atoms with Crippen LogP contribution in [0, 0.1) is 0 Å². The van der Waals surface area contributed by atoms with Crippen LogP contribution in [0.4, 0.5) is 0 Å². The molecule has 1 atom stereocenters. The first-order valence-electron chi connectivity index (χ1n) is 7.05. The molecule has 4 nitrogen and oxygen atoms in total. The summed E-state index contributed by atoms with van der Waals surface area (Å²) in [4.78, 5) is 14.5. The summed E-state index contributed by atoms with van der Waals surface area (Å²) in [6.45, 7) is 1.48. The fourth-order valence-electron chi connectivity index (χ4n) is 2.90. The zero-order chi connectivity index (χ0) is 12.8. The van der Waals surface area contributed by atoms with E-state index in [9.17, 15) is 9.90 Å². The zero-order valence-electron chi connectivity index (χ0n) is 10.9. The Morgan fingerprint density at radius 1 is 1.33 bits per heavy atom. The van der Waals surface area contributed by atoms with Gasteiger partial charge in [-0.05, 0) is 12.8 Å². The summed E-state index contributed by atoms with van der Waals surface area (Å²) < 4.78 is 0. The molecule has 1 heterocycles. The Hall–Kier alpha value is -0.260. The van der Waals surface area contributed by atoms with Crippen molar-refractivity contribution in [2.75, 3.05) is 31.2 Å². The highest BCUT2D eigenvalue weighted by atomic mass is 32.2. The Bertz CT molecular complexity index is 264. The number of hydrogen-bond acceptors (Lipinski definition) is 4. The van der Waals surface area contributed by atoms with Crippen LogP contribution < -0.4 is 5.32 Å². The lowest BCUT2D eigenvalue weighted by Gasteiger charge is -2.37. The van der Waals surface area contributed by atoms with E-state index in [1.165, 1.54) is 19.3 Å². The van der Waals surface area contributed by atoms with E-state index in [1.54, 1.807) is 0 Å². The third-order valence-corrected chi connectivity index (χ3v) is 4.92. The number of hydrogen-bond donors (Lipinski definition) is 2. The smallest absolute Gasteiger partial charge is 0.240 e. The van der Waals surface area contributed by atoms with Gasteiger partial charge >= 0.3 is 0 Å². The molecule has 1 saturated heterocycles. The summed E-state index contributed by atoms with van der Waals surface area (Å²) in [5.74, 6) is 2.16. The minimum Gasteiger partial charge on any atom is -0.395 e. The molecule has 0 aromatic rings. The molecular formula is C13H24N2O2S. The molecule has 18 heavy (non-hydrogen) atoms. The molecule has 1 aliphatic heterocycles. The van der Waals surface area contributed by atoms with E-state index in [0.29, 0.717) is 12.6 Å². The first-order chi connectivity index (χ1) is 8.83. The van der Waals surface area contributed by atoms with Crippen molar-refractivity contribution in [2.24, 2.45) is 0 Å². The number of carbonyl (C=O) groups is 1. The van der Waals surface area contributed by atoms with Gasteiger partial charge in [0.15, 0.2) is 0 Å². The van der Waals surface area contributed by atoms with Crippen LogP contribution in [-0.2, 0) is 4.79 Å². The molecule has 0 spiro atoms.